The minimum absolute atomic E-state index is 0.178. The molecule has 7 heteroatoms. The van der Waals surface area contributed by atoms with E-state index in [1.54, 1.807) is 33.5 Å². The minimum Gasteiger partial charge on any atom is -0.494 e. The van der Waals surface area contributed by atoms with E-state index in [0.717, 1.165) is 16.9 Å². The van der Waals surface area contributed by atoms with Gasteiger partial charge in [-0.1, -0.05) is 6.07 Å². The highest BCUT2D eigenvalue weighted by molar-refractivity contribution is 5.82. The van der Waals surface area contributed by atoms with Gasteiger partial charge in [-0.05, 0) is 55.8 Å². The van der Waals surface area contributed by atoms with E-state index in [0.29, 0.717) is 22.9 Å². The molecule has 0 atom stereocenters. The van der Waals surface area contributed by atoms with Crippen LogP contribution in [-0.4, -0.2) is 32.8 Å². The maximum absolute atomic E-state index is 12.4. The number of fused-ring (bicyclic) bond motifs is 1. The lowest BCUT2D eigenvalue weighted by molar-refractivity contribution is -0.119. The van der Waals surface area contributed by atoms with Crippen LogP contribution in [0.25, 0.3) is 6.08 Å². The normalized spacial score (nSPS) is 13.7. The number of methoxy groups -OCH3 is 3. The number of hydrazine groups is 1. The monoisotopic (exact) mass is 398 g/mol. The first kappa shape index (κ1) is 20.4. The van der Waals surface area contributed by atoms with Gasteiger partial charge in [0.2, 0.25) is 5.91 Å². The van der Waals surface area contributed by atoms with Gasteiger partial charge in [0, 0.05) is 0 Å². The maximum Gasteiger partial charge on any atom is 0.242 e. The molecule has 0 aliphatic carbocycles. The van der Waals surface area contributed by atoms with Crippen molar-refractivity contribution in [3.63, 3.8) is 0 Å². The summed E-state index contributed by atoms with van der Waals surface area (Å²) >= 11 is 0. The zero-order valence-corrected chi connectivity index (χ0v) is 17.3. The average Bonchev–Trinajstić information content (AvgIpc) is 2.70. The van der Waals surface area contributed by atoms with Gasteiger partial charge in [0.05, 0.1) is 39.0 Å². The zero-order chi connectivity index (χ0) is 21.0. The standard InChI is InChI=1S/C22H26N2O5/c1-22(2)11-10-15-17(29-22)9-7-16(21(15)28-5)23-24-20(25)13-14-6-8-18(26-3)19(12-14)27-4/h6-12,23H,13H2,1-5H3,(H,24,25). The smallest absolute Gasteiger partial charge is 0.242 e. The Kier molecular flexibility index (Phi) is 5.87. The number of ether oxygens (including phenoxy) is 4. The Morgan fingerprint density at radius 1 is 1.03 bits per heavy atom. The molecule has 2 aromatic carbocycles. The number of hydrogen-bond donors (Lipinski definition) is 2. The Morgan fingerprint density at radius 2 is 1.79 bits per heavy atom. The molecular formula is C22H26N2O5. The number of anilines is 1. The molecule has 1 heterocycles. The molecule has 1 aliphatic rings. The van der Waals surface area contributed by atoms with Gasteiger partial charge in [-0.15, -0.1) is 0 Å². The second kappa shape index (κ2) is 8.34. The first-order valence-corrected chi connectivity index (χ1v) is 9.22. The molecule has 0 aromatic heterocycles. The highest BCUT2D eigenvalue weighted by Crippen LogP contribution is 2.41. The highest BCUT2D eigenvalue weighted by Gasteiger charge is 2.25. The molecule has 0 spiro atoms. The molecule has 1 aliphatic heterocycles. The fourth-order valence-corrected chi connectivity index (χ4v) is 3.11. The first-order chi connectivity index (χ1) is 13.9. The predicted octanol–water partition coefficient (Wildman–Crippen LogP) is 3.58. The number of carbonyl (C=O) groups excluding carboxylic acids is 1. The zero-order valence-electron chi connectivity index (χ0n) is 17.3. The summed E-state index contributed by atoms with van der Waals surface area (Å²) in [4.78, 5) is 12.4. The summed E-state index contributed by atoms with van der Waals surface area (Å²) in [5, 5.41) is 0. The van der Waals surface area contributed by atoms with E-state index in [-0.39, 0.29) is 17.9 Å². The Hall–Kier alpha value is -3.35. The van der Waals surface area contributed by atoms with Gasteiger partial charge in [0.25, 0.3) is 0 Å². The summed E-state index contributed by atoms with van der Waals surface area (Å²) in [6.45, 7) is 3.97. The van der Waals surface area contributed by atoms with Crippen LogP contribution < -0.4 is 29.8 Å². The van der Waals surface area contributed by atoms with Gasteiger partial charge in [0.1, 0.15) is 11.4 Å². The molecule has 0 saturated heterocycles. The fraction of sp³-hybridized carbons (Fsp3) is 0.318. The van der Waals surface area contributed by atoms with Crippen LogP contribution in [-0.2, 0) is 11.2 Å². The van der Waals surface area contributed by atoms with Crippen molar-refractivity contribution in [2.24, 2.45) is 0 Å². The SMILES string of the molecule is COc1ccc(CC(=O)NNc2ccc3c(c2OC)C=CC(C)(C)O3)cc1OC. The molecule has 0 saturated carbocycles. The molecule has 0 unspecified atom stereocenters. The molecule has 154 valence electrons. The molecule has 29 heavy (non-hydrogen) atoms. The fourth-order valence-electron chi connectivity index (χ4n) is 3.11. The Bertz CT molecular complexity index is 937. The molecule has 7 nitrogen and oxygen atoms in total. The van der Waals surface area contributed by atoms with E-state index in [1.165, 1.54) is 0 Å². The maximum atomic E-state index is 12.4. The topological polar surface area (TPSA) is 78.1 Å². The van der Waals surface area contributed by atoms with Crippen molar-refractivity contribution in [3.05, 3.63) is 47.5 Å². The van der Waals surface area contributed by atoms with Crippen molar-refractivity contribution in [1.82, 2.24) is 5.43 Å². The van der Waals surface area contributed by atoms with Crippen LogP contribution in [0.3, 0.4) is 0 Å². The summed E-state index contributed by atoms with van der Waals surface area (Å²) in [5.74, 6) is 2.32. The number of amides is 1. The number of nitrogens with one attached hydrogen (secondary N) is 2. The lowest BCUT2D eigenvalue weighted by Gasteiger charge is -2.29. The van der Waals surface area contributed by atoms with E-state index < -0.39 is 0 Å². The minimum atomic E-state index is -0.374. The molecule has 2 N–H and O–H groups in total. The quantitative estimate of drug-likeness (QED) is 0.694. The van der Waals surface area contributed by atoms with Gasteiger partial charge in [0.15, 0.2) is 17.2 Å². The first-order valence-electron chi connectivity index (χ1n) is 9.22. The van der Waals surface area contributed by atoms with Crippen molar-refractivity contribution in [3.8, 4) is 23.0 Å². The molecule has 1 amide bonds. The van der Waals surface area contributed by atoms with Crippen molar-refractivity contribution >= 4 is 17.7 Å². The van der Waals surface area contributed by atoms with Crippen LogP contribution in [0.4, 0.5) is 5.69 Å². The summed E-state index contributed by atoms with van der Waals surface area (Å²) in [6, 6.07) is 9.04. The summed E-state index contributed by atoms with van der Waals surface area (Å²) in [5.41, 5.74) is 7.53. The van der Waals surface area contributed by atoms with E-state index >= 15 is 0 Å². The van der Waals surface area contributed by atoms with Crippen molar-refractivity contribution in [2.45, 2.75) is 25.9 Å². The van der Waals surface area contributed by atoms with Crippen LogP contribution in [0, 0.1) is 0 Å². The van der Waals surface area contributed by atoms with Crippen molar-refractivity contribution in [1.29, 1.82) is 0 Å². The van der Waals surface area contributed by atoms with Gasteiger partial charge in [-0.2, -0.15) is 0 Å². The van der Waals surface area contributed by atoms with Gasteiger partial charge in [-0.25, -0.2) is 0 Å². The third kappa shape index (κ3) is 4.56. The van der Waals surface area contributed by atoms with Crippen LogP contribution in [0.1, 0.15) is 25.0 Å². The van der Waals surface area contributed by atoms with E-state index in [4.69, 9.17) is 18.9 Å². The molecule has 3 rings (SSSR count). The van der Waals surface area contributed by atoms with E-state index in [2.05, 4.69) is 10.9 Å². The Morgan fingerprint density at radius 3 is 2.48 bits per heavy atom. The number of carbonyl (C=O) groups is 1. The summed E-state index contributed by atoms with van der Waals surface area (Å²) in [6.07, 6.45) is 4.11. The number of benzene rings is 2. The Labute approximate surface area is 170 Å². The third-order valence-corrected chi connectivity index (χ3v) is 4.53. The van der Waals surface area contributed by atoms with Crippen molar-refractivity contribution in [2.75, 3.05) is 26.8 Å². The van der Waals surface area contributed by atoms with Crippen molar-refractivity contribution < 1.29 is 23.7 Å². The summed E-state index contributed by atoms with van der Waals surface area (Å²) in [7, 11) is 4.71. The highest BCUT2D eigenvalue weighted by atomic mass is 16.5. The van der Waals surface area contributed by atoms with Gasteiger partial charge >= 0.3 is 0 Å². The van der Waals surface area contributed by atoms with Crippen LogP contribution in [0.2, 0.25) is 0 Å². The molecule has 0 bridgehead atoms. The van der Waals surface area contributed by atoms with Crippen LogP contribution >= 0.6 is 0 Å². The average molecular weight is 398 g/mol. The van der Waals surface area contributed by atoms with Crippen LogP contribution in [0.5, 0.6) is 23.0 Å². The largest absolute Gasteiger partial charge is 0.494 e. The number of hydrogen-bond acceptors (Lipinski definition) is 6. The summed E-state index contributed by atoms with van der Waals surface area (Å²) < 4.78 is 22.0. The lowest BCUT2D eigenvalue weighted by Crippen LogP contribution is -2.31. The second-order valence-electron chi connectivity index (χ2n) is 7.14. The lowest BCUT2D eigenvalue weighted by atomic mass is 10.0. The predicted molar refractivity (Wildman–Crippen MR) is 112 cm³/mol. The van der Waals surface area contributed by atoms with Crippen LogP contribution in [0.15, 0.2) is 36.4 Å². The third-order valence-electron chi connectivity index (χ3n) is 4.53. The molecular weight excluding hydrogens is 372 g/mol. The van der Waals surface area contributed by atoms with Gasteiger partial charge < -0.3 is 18.9 Å². The Balaban J connectivity index is 1.69. The van der Waals surface area contributed by atoms with Gasteiger partial charge in [-0.3, -0.25) is 15.6 Å². The molecule has 0 fully saturated rings. The molecule has 0 radical (unpaired) electrons. The second-order valence-corrected chi connectivity index (χ2v) is 7.14. The van der Waals surface area contributed by atoms with E-state index in [9.17, 15) is 4.79 Å². The van der Waals surface area contributed by atoms with E-state index in [1.807, 2.05) is 44.2 Å². The number of rotatable bonds is 7. The molecule has 2 aromatic rings.